The van der Waals surface area contributed by atoms with Gasteiger partial charge < -0.3 is 10.2 Å². The molecular weight excluding hydrogens is 252 g/mol. The Labute approximate surface area is 112 Å². The molecule has 100 valence electrons. The van der Waals surface area contributed by atoms with Gasteiger partial charge >= 0.3 is 0 Å². The van der Waals surface area contributed by atoms with Gasteiger partial charge in [0.25, 0.3) is 0 Å². The molecule has 1 fully saturated rings. The van der Waals surface area contributed by atoms with Gasteiger partial charge in [-0.3, -0.25) is 5.43 Å². The zero-order valence-corrected chi connectivity index (χ0v) is 11.2. The van der Waals surface area contributed by atoms with Gasteiger partial charge in [0.15, 0.2) is 5.82 Å². The molecule has 4 N–H and O–H groups in total. The molecule has 0 saturated carbocycles. The maximum atomic E-state index is 6.03. The van der Waals surface area contributed by atoms with E-state index < -0.39 is 0 Å². The number of nitrogens with one attached hydrogen (secondary N) is 2. The SMILES string of the molecule is CCN1CCC(CNc2nc(NN)ncc2Cl)C1. The number of hydrogen-bond donors (Lipinski definition) is 3. The van der Waals surface area contributed by atoms with Crippen LogP contribution in [0.1, 0.15) is 13.3 Å². The minimum atomic E-state index is 0.364. The number of likely N-dealkylation sites (tertiary alicyclic amines) is 1. The molecule has 6 nitrogen and oxygen atoms in total. The van der Waals surface area contributed by atoms with E-state index in [1.54, 1.807) is 6.20 Å². The second-order valence-corrected chi connectivity index (χ2v) is 4.87. The van der Waals surface area contributed by atoms with Gasteiger partial charge in [-0.1, -0.05) is 18.5 Å². The van der Waals surface area contributed by atoms with Crippen molar-refractivity contribution >= 4 is 23.4 Å². The third-order valence-electron chi connectivity index (χ3n) is 3.25. The van der Waals surface area contributed by atoms with E-state index in [2.05, 4.69) is 32.5 Å². The highest BCUT2D eigenvalue weighted by molar-refractivity contribution is 6.32. The van der Waals surface area contributed by atoms with E-state index in [0.717, 1.165) is 19.6 Å². The summed E-state index contributed by atoms with van der Waals surface area (Å²) in [5, 5.41) is 3.78. The number of hydrogen-bond acceptors (Lipinski definition) is 6. The number of hydrazine groups is 1. The molecule has 1 unspecified atom stereocenters. The standard InChI is InChI=1S/C11H19ClN6/c1-2-18-4-3-8(7-18)5-14-10-9(12)6-15-11(16-10)17-13/h6,8H,2-5,7,13H2,1H3,(H2,14,15,16,17). The lowest BCUT2D eigenvalue weighted by Crippen LogP contribution is -2.23. The van der Waals surface area contributed by atoms with Crippen LogP contribution in [-0.4, -0.2) is 41.0 Å². The molecule has 0 amide bonds. The van der Waals surface area contributed by atoms with Crippen LogP contribution >= 0.6 is 11.6 Å². The maximum absolute atomic E-state index is 6.03. The van der Waals surface area contributed by atoms with Crippen molar-refractivity contribution in [2.45, 2.75) is 13.3 Å². The van der Waals surface area contributed by atoms with E-state index in [4.69, 9.17) is 17.4 Å². The Balaban J connectivity index is 1.90. The Morgan fingerprint density at radius 3 is 3.11 bits per heavy atom. The first-order chi connectivity index (χ1) is 8.72. The number of nitrogens with two attached hydrogens (primary N) is 1. The fourth-order valence-electron chi connectivity index (χ4n) is 2.17. The molecule has 1 aliphatic heterocycles. The molecule has 0 aliphatic carbocycles. The van der Waals surface area contributed by atoms with Gasteiger partial charge in [0.1, 0.15) is 5.02 Å². The van der Waals surface area contributed by atoms with Crippen LogP contribution in [0.2, 0.25) is 5.02 Å². The Hall–Kier alpha value is -1.11. The van der Waals surface area contributed by atoms with Crippen molar-refractivity contribution in [3.05, 3.63) is 11.2 Å². The summed E-state index contributed by atoms with van der Waals surface area (Å²) in [4.78, 5) is 10.6. The summed E-state index contributed by atoms with van der Waals surface area (Å²) in [5.41, 5.74) is 2.41. The average Bonchev–Trinajstić information content (AvgIpc) is 2.86. The molecular formula is C11H19ClN6. The van der Waals surface area contributed by atoms with E-state index >= 15 is 0 Å². The first-order valence-electron chi connectivity index (χ1n) is 6.18. The van der Waals surface area contributed by atoms with E-state index in [9.17, 15) is 0 Å². The van der Waals surface area contributed by atoms with Crippen molar-refractivity contribution in [1.29, 1.82) is 0 Å². The first kappa shape index (κ1) is 13.3. The number of aromatic nitrogens is 2. The fourth-order valence-corrected chi connectivity index (χ4v) is 2.33. The van der Waals surface area contributed by atoms with Gasteiger partial charge in [0.05, 0.1) is 6.20 Å². The highest BCUT2D eigenvalue weighted by Gasteiger charge is 2.21. The van der Waals surface area contributed by atoms with Crippen LogP contribution in [0.15, 0.2) is 6.20 Å². The van der Waals surface area contributed by atoms with Crippen molar-refractivity contribution in [2.75, 3.05) is 36.9 Å². The molecule has 2 heterocycles. The second-order valence-electron chi connectivity index (χ2n) is 4.46. The quantitative estimate of drug-likeness (QED) is 0.551. The van der Waals surface area contributed by atoms with Crippen molar-refractivity contribution in [3.63, 3.8) is 0 Å². The van der Waals surface area contributed by atoms with E-state index in [0.29, 0.717) is 22.7 Å². The van der Waals surface area contributed by atoms with Gasteiger partial charge in [-0.25, -0.2) is 10.8 Å². The molecule has 1 aliphatic rings. The first-order valence-corrected chi connectivity index (χ1v) is 6.56. The van der Waals surface area contributed by atoms with Gasteiger partial charge in [-0.2, -0.15) is 4.98 Å². The third kappa shape index (κ3) is 3.22. The molecule has 1 saturated heterocycles. The molecule has 7 heteroatoms. The van der Waals surface area contributed by atoms with Crippen molar-refractivity contribution in [2.24, 2.45) is 11.8 Å². The van der Waals surface area contributed by atoms with Crippen LogP contribution < -0.4 is 16.6 Å². The number of nitrogen functional groups attached to an aromatic ring is 1. The topological polar surface area (TPSA) is 79.1 Å². The lowest BCUT2D eigenvalue weighted by atomic mass is 10.1. The van der Waals surface area contributed by atoms with Crippen LogP contribution in [0.3, 0.4) is 0 Å². The summed E-state index contributed by atoms with van der Waals surface area (Å²) in [7, 11) is 0. The molecule has 0 aromatic carbocycles. The molecule has 2 rings (SSSR count). The number of anilines is 2. The lowest BCUT2D eigenvalue weighted by Gasteiger charge is -2.14. The number of halogens is 1. The summed E-state index contributed by atoms with van der Waals surface area (Å²) < 4.78 is 0. The number of rotatable bonds is 5. The van der Waals surface area contributed by atoms with Crippen molar-refractivity contribution in [1.82, 2.24) is 14.9 Å². The van der Waals surface area contributed by atoms with Crippen molar-refractivity contribution < 1.29 is 0 Å². The van der Waals surface area contributed by atoms with Crippen LogP contribution in [-0.2, 0) is 0 Å². The predicted octanol–water partition coefficient (Wildman–Crippen LogP) is 1.17. The van der Waals surface area contributed by atoms with E-state index in [1.807, 2.05) is 0 Å². The smallest absolute Gasteiger partial charge is 0.239 e. The average molecular weight is 271 g/mol. The highest BCUT2D eigenvalue weighted by Crippen LogP contribution is 2.21. The molecule has 1 atom stereocenters. The fraction of sp³-hybridized carbons (Fsp3) is 0.636. The van der Waals surface area contributed by atoms with Gasteiger partial charge in [0, 0.05) is 13.1 Å². The molecule has 1 aromatic heterocycles. The normalized spacial score (nSPS) is 20.1. The predicted molar refractivity (Wildman–Crippen MR) is 73.6 cm³/mol. The minimum Gasteiger partial charge on any atom is -0.368 e. The van der Waals surface area contributed by atoms with Crippen LogP contribution in [0.5, 0.6) is 0 Å². The summed E-state index contributed by atoms with van der Waals surface area (Å²) in [5.74, 6) is 6.91. The molecule has 0 spiro atoms. The second kappa shape index (κ2) is 6.17. The zero-order valence-electron chi connectivity index (χ0n) is 10.5. The van der Waals surface area contributed by atoms with Crippen molar-refractivity contribution in [3.8, 4) is 0 Å². The summed E-state index contributed by atoms with van der Waals surface area (Å²) >= 11 is 6.03. The Bertz CT molecular complexity index is 399. The Kier molecular flexibility index (Phi) is 4.57. The lowest BCUT2D eigenvalue weighted by molar-refractivity contribution is 0.345. The summed E-state index contributed by atoms with van der Waals surface area (Å²) in [6, 6.07) is 0. The largest absolute Gasteiger partial charge is 0.368 e. The summed E-state index contributed by atoms with van der Waals surface area (Å²) in [6.45, 7) is 6.49. The Morgan fingerprint density at radius 2 is 2.44 bits per heavy atom. The van der Waals surface area contributed by atoms with Crippen LogP contribution in [0.25, 0.3) is 0 Å². The van der Waals surface area contributed by atoms with Crippen LogP contribution in [0, 0.1) is 5.92 Å². The molecule has 0 bridgehead atoms. The third-order valence-corrected chi connectivity index (χ3v) is 3.53. The summed E-state index contributed by atoms with van der Waals surface area (Å²) in [6.07, 6.45) is 2.75. The van der Waals surface area contributed by atoms with Gasteiger partial charge in [-0.15, -0.1) is 0 Å². The minimum absolute atomic E-state index is 0.364. The molecule has 0 radical (unpaired) electrons. The van der Waals surface area contributed by atoms with Crippen LogP contribution in [0.4, 0.5) is 11.8 Å². The molecule has 1 aromatic rings. The van der Waals surface area contributed by atoms with Gasteiger partial charge in [0.2, 0.25) is 5.95 Å². The van der Waals surface area contributed by atoms with E-state index in [1.165, 1.54) is 13.0 Å². The zero-order chi connectivity index (χ0) is 13.0. The van der Waals surface area contributed by atoms with E-state index in [-0.39, 0.29) is 0 Å². The Morgan fingerprint density at radius 1 is 1.61 bits per heavy atom. The number of nitrogens with zero attached hydrogens (tertiary/aromatic N) is 3. The highest BCUT2D eigenvalue weighted by atomic mass is 35.5. The monoisotopic (exact) mass is 270 g/mol. The van der Waals surface area contributed by atoms with Gasteiger partial charge in [-0.05, 0) is 25.4 Å². The maximum Gasteiger partial charge on any atom is 0.239 e. The molecule has 18 heavy (non-hydrogen) atoms.